The summed E-state index contributed by atoms with van der Waals surface area (Å²) in [4.78, 5) is 4.55. The van der Waals surface area contributed by atoms with Gasteiger partial charge in [-0.15, -0.1) is 11.3 Å². The van der Waals surface area contributed by atoms with E-state index in [-0.39, 0.29) is 0 Å². The van der Waals surface area contributed by atoms with E-state index in [2.05, 4.69) is 45.4 Å². The molecule has 1 unspecified atom stereocenters. The van der Waals surface area contributed by atoms with Gasteiger partial charge in [-0.05, 0) is 45.9 Å². The standard InChI is InChI=1S/C11H10BrNOS/c1-6-2-9(15-5-6)8-4-14-11-7(8)3-10(12)13-11/h2-3,5,8,13H,4H2,1H3. The van der Waals surface area contributed by atoms with E-state index in [1.165, 1.54) is 16.0 Å². The van der Waals surface area contributed by atoms with Crippen molar-refractivity contribution >= 4 is 27.3 Å². The maximum atomic E-state index is 5.62. The number of hydrogen-bond acceptors (Lipinski definition) is 2. The lowest BCUT2D eigenvalue weighted by Crippen LogP contribution is -2.00. The van der Waals surface area contributed by atoms with Crippen molar-refractivity contribution in [2.24, 2.45) is 0 Å². The first-order valence-electron chi connectivity index (χ1n) is 4.80. The van der Waals surface area contributed by atoms with Gasteiger partial charge in [-0.1, -0.05) is 0 Å². The number of aromatic amines is 1. The minimum Gasteiger partial charge on any atom is -0.478 e. The van der Waals surface area contributed by atoms with Crippen molar-refractivity contribution in [3.05, 3.63) is 38.1 Å². The van der Waals surface area contributed by atoms with Crippen molar-refractivity contribution in [3.63, 3.8) is 0 Å². The highest BCUT2D eigenvalue weighted by Gasteiger charge is 2.28. The summed E-state index contributed by atoms with van der Waals surface area (Å²) in [6.07, 6.45) is 0. The number of aryl methyl sites for hydroxylation is 1. The van der Waals surface area contributed by atoms with E-state index in [0.29, 0.717) is 5.92 Å². The lowest BCUT2D eigenvalue weighted by atomic mass is 10.0. The molecule has 2 aromatic rings. The molecule has 1 N–H and O–H groups in total. The molecule has 0 aromatic carbocycles. The highest BCUT2D eigenvalue weighted by atomic mass is 79.9. The number of aromatic nitrogens is 1. The van der Waals surface area contributed by atoms with Crippen LogP contribution in [0.15, 0.2) is 22.1 Å². The van der Waals surface area contributed by atoms with Crippen LogP contribution in [0.5, 0.6) is 5.88 Å². The second kappa shape index (κ2) is 3.39. The minimum absolute atomic E-state index is 0.404. The third kappa shape index (κ3) is 1.52. The Morgan fingerprint density at radius 3 is 3.13 bits per heavy atom. The van der Waals surface area contributed by atoms with Gasteiger partial charge in [-0.2, -0.15) is 0 Å². The molecule has 0 saturated carbocycles. The second-order valence-electron chi connectivity index (χ2n) is 3.79. The monoisotopic (exact) mass is 283 g/mol. The van der Waals surface area contributed by atoms with Crippen molar-refractivity contribution < 1.29 is 4.74 Å². The van der Waals surface area contributed by atoms with Crippen LogP contribution in [0, 0.1) is 6.92 Å². The molecule has 3 heterocycles. The molecule has 1 aliphatic rings. The molecule has 0 spiro atoms. The van der Waals surface area contributed by atoms with Crippen LogP contribution in [0.4, 0.5) is 0 Å². The van der Waals surface area contributed by atoms with E-state index in [4.69, 9.17) is 4.74 Å². The molecule has 4 heteroatoms. The normalized spacial score (nSPS) is 18.9. The third-order valence-corrected chi connectivity index (χ3v) is 4.23. The van der Waals surface area contributed by atoms with Gasteiger partial charge >= 0.3 is 0 Å². The quantitative estimate of drug-likeness (QED) is 0.849. The van der Waals surface area contributed by atoms with Crippen LogP contribution in [-0.4, -0.2) is 11.6 Å². The Balaban J connectivity index is 2.02. The zero-order chi connectivity index (χ0) is 10.4. The fourth-order valence-corrected chi connectivity index (χ4v) is 3.35. The predicted molar refractivity (Wildman–Crippen MR) is 64.9 cm³/mol. The van der Waals surface area contributed by atoms with Gasteiger partial charge in [0.1, 0.15) is 6.61 Å². The molecule has 3 rings (SSSR count). The molecular weight excluding hydrogens is 274 g/mol. The summed E-state index contributed by atoms with van der Waals surface area (Å²) in [6, 6.07) is 4.36. The van der Waals surface area contributed by atoms with E-state index in [9.17, 15) is 0 Å². The van der Waals surface area contributed by atoms with E-state index in [0.717, 1.165) is 17.1 Å². The molecule has 0 saturated heterocycles. The minimum atomic E-state index is 0.404. The number of nitrogens with one attached hydrogen (secondary N) is 1. The van der Waals surface area contributed by atoms with Crippen LogP contribution < -0.4 is 4.74 Å². The average molecular weight is 284 g/mol. The highest BCUT2D eigenvalue weighted by Crippen LogP contribution is 2.41. The molecule has 2 nitrogen and oxygen atoms in total. The van der Waals surface area contributed by atoms with Gasteiger partial charge in [0.05, 0.1) is 10.5 Å². The first-order chi connectivity index (χ1) is 7.24. The van der Waals surface area contributed by atoms with Crippen molar-refractivity contribution in [3.8, 4) is 5.88 Å². The second-order valence-corrected chi connectivity index (χ2v) is 5.59. The molecule has 0 aliphatic carbocycles. The van der Waals surface area contributed by atoms with Crippen LogP contribution in [0.3, 0.4) is 0 Å². The Kier molecular flexibility index (Phi) is 2.14. The molecular formula is C11H10BrNOS. The first-order valence-corrected chi connectivity index (χ1v) is 6.47. The fourth-order valence-electron chi connectivity index (χ4n) is 1.93. The van der Waals surface area contributed by atoms with E-state index in [1.54, 1.807) is 0 Å². The number of thiophene rings is 1. The molecule has 0 bridgehead atoms. The summed E-state index contributed by atoms with van der Waals surface area (Å²) in [5.74, 6) is 1.32. The number of rotatable bonds is 1. The Morgan fingerprint density at radius 2 is 2.40 bits per heavy atom. The number of H-pyrrole nitrogens is 1. The lowest BCUT2D eigenvalue weighted by Gasteiger charge is -2.03. The molecule has 78 valence electrons. The zero-order valence-electron chi connectivity index (χ0n) is 8.21. The number of fused-ring (bicyclic) bond motifs is 1. The van der Waals surface area contributed by atoms with Gasteiger partial charge in [0.25, 0.3) is 0 Å². The Morgan fingerprint density at radius 1 is 1.53 bits per heavy atom. The zero-order valence-corrected chi connectivity index (χ0v) is 10.6. The summed E-state index contributed by atoms with van der Waals surface area (Å²) in [7, 11) is 0. The maximum Gasteiger partial charge on any atom is 0.195 e. The summed E-state index contributed by atoms with van der Waals surface area (Å²) >= 11 is 5.24. The third-order valence-electron chi connectivity index (χ3n) is 2.64. The summed E-state index contributed by atoms with van der Waals surface area (Å²) in [5.41, 5.74) is 2.60. The highest BCUT2D eigenvalue weighted by molar-refractivity contribution is 9.10. The van der Waals surface area contributed by atoms with Crippen LogP contribution in [0.1, 0.15) is 21.9 Å². The predicted octanol–water partition coefficient (Wildman–Crippen LogP) is 3.67. The summed E-state index contributed by atoms with van der Waals surface area (Å²) in [5, 5.41) is 2.19. The van der Waals surface area contributed by atoms with E-state index in [1.807, 2.05) is 11.3 Å². The lowest BCUT2D eigenvalue weighted by molar-refractivity contribution is 0.332. The van der Waals surface area contributed by atoms with E-state index < -0.39 is 0 Å². The van der Waals surface area contributed by atoms with Crippen molar-refractivity contribution in [1.29, 1.82) is 0 Å². The number of hydrogen-bond donors (Lipinski definition) is 1. The maximum absolute atomic E-state index is 5.62. The van der Waals surface area contributed by atoms with E-state index >= 15 is 0 Å². The van der Waals surface area contributed by atoms with Gasteiger partial charge in [0.15, 0.2) is 5.88 Å². The topological polar surface area (TPSA) is 25.0 Å². The largest absolute Gasteiger partial charge is 0.478 e. The number of ether oxygens (including phenoxy) is 1. The Hall–Kier alpha value is -0.740. The van der Waals surface area contributed by atoms with Gasteiger partial charge in [-0.3, -0.25) is 0 Å². The van der Waals surface area contributed by atoms with Crippen LogP contribution in [0.25, 0.3) is 0 Å². The van der Waals surface area contributed by atoms with Gasteiger partial charge in [0.2, 0.25) is 0 Å². The average Bonchev–Trinajstić information content (AvgIpc) is 2.80. The van der Waals surface area contributed by atoms with Crippen LogP contribution in [0.2, 0.25) is 0 Å². The molecule has 15 heavy (non-hydrogen) atoms. The SMILES string of the molecule is Cc1csc(C2COc3[nH]c(Br)cc32)c1. The molecule has 0 radical (unpaired) electrons. The number of halogens is 1. The molecule has 1 atom stereocenters. The van der Waals surface area contributed by atoms with Crippen LogP contribution >= 0.6 is 27.3 Å². The summed E-state index contributed by atoms with van der Waals surface area (Å²) in [6.45, 7) is 2.89. The fraction of sp³-hybridized carbons (Fsp3) is 0.273. The van der Waals surface area contributed by atoms with Crippen molar-refractivity contribution in [2.75, 3.05) is 6.61 Å². The van der Waals surface area contributed by atoms with Gasteiger partial charge in [0, 0.05) is 10.4 Å². The molecule has 2 aromatic heterocycles. The first kappa shape index (κ1) is 9.48. The van der Waals surface area contributed by atoms with Gasteiger partial charge < -0.3 is 9.72 Å². The van der Waals surface area contributed by atoms with Crippen LogP contribution in [-0.2, 0) is 0 Å². The Labute approximate surface area is 100 Å². The molecule has 0 fully saturated rings. The molecule has 1 aliphatic heterocycles. The summed E-state index contributed by atoms with van der Waals surface area (Å²) < 4.78 is 6.61. The van der Waals surface area contributed by atoms with Crippen molar-refractivity contribution in [2.45, 2.75) is 12.8 Å². The smallest absolute Gasteiger partial charge is 0.195 e. The van der Waals surface area contributed by atoms with Gasteiger partial charge in [-0.25, -0.2) is 0 Å². The molecule has 0 amide bonds. The Bertz CT molecular complexity index is 502. The van der Waals surface area contributed by atoms with Crippen molar-refractivity contribution in [1.82, 2.24) is 4.98 Å².